The molecule has 0 bridgehead atoms. The Labute approximate surface area is 819 Å². The molecule has 1 aliphatic rings. The van der Waals surface area contributed by atoms with Gasteiger partial charge in [0.15, 0.2) is 0 Å². The van der Waals surface area contributed by atoms with E-state index in [1.807, 2.05) is 283 Å². The SMILES string of the molecule is CC1(C)OB(c2cccc(N(c3ccccc3)c3ccccn3)c2)OC1(C)C.Oc1ccccc1-n1c2ccccc2c2ccc(-c3[c-]c(N(c4ccccc4)c4ccccn4)ccc3)nc21.Oc1ccccc1-n1c2ccccc2c2ccc(-c3cccc(N(c4ccccc4)c4ccccn4)c3)nc21.[Pt].c1ccc(N(c2cccc(-c3ccc4c(n3)[nH]c3ccccc34)c2)c2ccccn2)cc1. The molecule has 0 saturated carbocycles. The summed E-state index contributed by atoms with van der Waals surface area (Å²) in [6, 6.07) is 151. The van der Waals surface area contributed by atoms with E-state index in [0.29, 0.717) is 11.4 Å². The van der Waals surface area contributed by atoms with Crippen LogP contribution >= 0.6 is 0 Å². The Bertz CT molecular complexity index is 7780. The summed E-state index contributed by atoms with van der Waals surface area (Å²) < 4.78 is 16.5. The number of aromatic hydroxyl groups is 2. The standard InChI is InChI=1S/C34H24N4O.C34H23N4O.C28H20N4.C23H25BN2O2.Pt/c2*39-32-18-7-6-17-31(32)38-30-16-5-4-15-27(30)28-20-21-29(36-34(28)38)24-11-10-14-26(23-24)37(25-12-2-1-3-13-25)33-19-8-9-22-35-33;1-2-10-21(11-3-1)32(27-15-6-7-18-29-27)22-12-8-9-20(19-22)25-17-16-24-23-13-4-5-14-26(23)31-28(24)30-25;1-22(2)23(3,4)28-24(27-22)18-11-10-14-20(17-18)26(19-12-6-5-7-13-19)21-15-8-9-16-25-21;/h1-23,39H;1-22,39H;1-19H,(H,30,31);5-17H,1-4H3;/q;-1;;;. The molecule has 0 aliphatic carbocycles. The van der Waals surface area contributed by atoms with Crippen molar-refractivity contribution >= 4 is 147 Å². The van der Waals surface area contributed by atoms with Gasteiger partial charge in [0.1, 0.15) is 51.7 Å². The topological polar surface area (TPSA) is 188 Å². The van der Waals surface area contributed by atoms with Gasteiger partial charge in [0.2, 0.25) is 0 Å². The molecule has 1 aliphatic heterocycles. The minimum absolute atomic E-state index is 0. The number of hydrogen-bond donors (Lipinski definition) is 3. The second kappa shape index (κ2) is 39.8. The van der Waals surface area contributed by atoms with E-state index in [4.69, 9.17) is 24.3 Å². The van der Waals surface area contributed by atoms with Gasteiger partial charge >= 0.3 is 7.12 Å². The second-order valence-electron chi connectivity index (χ2n) is 34.3. The first-order valence-corrected chi connectivity index (χ1v) is 45.8. The van der Waals surface area contributed by atoms with Gasteiger partial charge in [-0.05, 0) is 245 Å². The molecule has 23 aromatic rings. The van der Waals surface area contributed by atoms with E-state index in [0.717, 1.165) is 168 Å². The summed E-state index contributed by atoms with van der Waals surface area (Å²) in [5.41, 5.74) is 20.7. The summed E-state index contributed by atoms with van der Waals surface area (Å²) in [5, 5.41) is 28.0. The maximum absolute atomic E-state index is 10.7. The zero-order valence-electron chi connectivity index (χ0n) is 76.4. The van der Waals surface area contributed by atoms with Gasteiger partial charge in [-0.2, -0.15) is 0 Å². The van der Waals surface area contributed by atoms with Gasteiger partial charge in [-0.25, -0.2) is 29.9 Å². The first-order valence-electron chi connectivity index (χ1n) is 45.8. The van der Waals surface area contributed by atoms with E-state index in [1.165, 1.54) is 5.39 Å². The van der Waals surface area contributed by atoms with E-state index in [2.05, 4.69) is 254 Å². The summed E-state index contributed by atoms with van der Waals surface area (Å²) in [4.78, 5) is 45.6. The number of nitrogens with zero attached hydrogens (tertiary/aromatic N) is 13. The van der Waals surface area contributed by atoms with Crippen molar-refractivity contribution < 1.29 is 40.6 Å². The van der Waals surface area contributed by atoms with Crippen LogP contribution in [0.15, 0.2) is 468 Å². The summed E-state index contributed by atoms with van der Waals surface area (Å²) in [7, 11) is -0.397. The summed E-state index contributed by atoms with van der Waals surface area (Å²) >= 11 is 0. The maximum atomic E-state index is 10.7. The Morgan fingerprint density at radius 2 is 0.662 bits per heavy atom. The van der Waals surface area contributed by atoms with Crippen LogP contribution in [-0.2, 0) is 30.4 Å². The maximum Gasteiger partial charge on any atom is 0.494 e. The molecule has 0 unspecified atom stereocenters. The van der Waals surface area contributed by atoms with Gasteiger partial charge in [0.25, 0.3) is 0 Å². The van der Waals surface area contributed by atoms with Gasteiger partial charge < -0.3 is 29.4 Å². The smallest absolute Gasteiger partial charge is 0.494 e. The Morgan fingerprint density at radius 1 is 0.302 bits per heavy atom. The van der Waals surface area contributed by atoms with Crippen LogP contribution in [0.25, 0.3) is 111 Å². The fourth-order valence-electron chi connectivity index (χ4n) is 17.7. The molecule has 1 saturated heterocycles. The number of phenols is 2. The molecule has 18 nitrogen and oxygen atoms in total. The van der Waals surface area contributed by atoms with Crippen molar-refractivity contribution in [3.63, 3.8) is 0 Å². The van der Waals surface area contributed by atoms with Gasteiger partial charge in [0, 0.05) is 135 Å². The molecule has 0 radical (unpaired) electrons. The predicted molar refractivity (Wildman–Crippen MR) is 561 cm³/mol. The number of aromatic nitrogens is 10. The average Bonchev–Trinajstić information content (AvgIpc) is 1.59. The van der Waals surface area contributed by atoms with Crippen molar-refractivity contribution in [1.82, 2.24) is 49.0 Å². The first kappa shape index (κ1) is 89.6. The zero-order valence-corrected chi connectivity index (χ0v) is 78.6. The summed E-state index contributed by atoms with van der Waals surface area (Å²) in [6.07, 6.45) is 7.23. The normalized spacial score (nSPS) is 12.4. The van der Waals surface area contributed by atoms with Crippen LogP contribution in [0.5, 0.6) is 11.5 Å². The molecule has 24 rings (SSSR count). The molecule has 0 spiro atoms. The van der Waals surface area contributed by atoms with E-state index < -0.39 is 7.12 Å². The summed E-state index contributed by atoms with van der Waals surface area (Å²) in [6.45, 7) is 8.28. The fourth-order valence-corrected chi connectivity index (χ4v) is 17.7. The van der Waals surface area contributed by atoms with Gasteiger partial charge in [0.05, 0.1) is 45.0 Å². The molecule has 20 heteroatoms. The van der Waals surface area contributed by atoms with E-state index in [1.54, 1.807) is 18.3 Å². The van der Waals surface area contributed by atoms with Crippen molar-refractivity contribution in [2.75, 3.05) is 19.6 Å². The van der Waals surface area contributed by atoms with Crippen molar-refractivity contribution in [3.05, 3.63) is 474 Å². The number of para-hydroxylation sites is 11. The average molecular weight is 1990 g/mol. The predicted octanol–water partition coefficient (Wildman–Crippen LogP) is 28.7. The number of benzene rings is 13. The molecular formula is C119H92BN14O4Pt-. The van der Waals surface area contributed by atoms with E-state index in [9.17, 15) is 10.2 Å². The minimum Gasteiger partial charge on any atom is -0.506 e. The molecule has 11 heterocycles. The Hall–Kier alpha value is -17.2. The third kappa shape index (κ3) is 18.5. The van der Waals surface area contributed by atoms with Crippen molar-refractivity contribution in [2.45, 2.75) is 38.9 Å². The van der Waals surface area contributed by atoms with E-state index >= 15 is 0 Å². The second-order valence-corrected chi connectivity index (χ2v) is 34.3. The largest absolute Gasteiger partial charge is 0.506 e. The molecule has 13 aromatic carbocycles. The number of H-pyrrole nitrogens is 1. The van der Waals surface area contributed by atoms with Crippen LogP contribution in [0, 0.1) is 6.07 Å². The Balaban J connectivity index is 0.000000115. The summed E-state index contributed by atoms with van der Waals surface area (Å²) in [5.74, 6) is 3.79. The molecule has 139 heavy (non-hydrogen) atoms. The quantitative estimate of drug-likeness (QED) is 0.0543. The number of rotatable bonds is 18. The Kier molecular flexibility index (Phi) is 25.6. The number of hydrogen-bond acceptors (Lipinski definition) is 15. The number of phenolic OH excluding ortho intramolecular Hbond substituents is 2. The third-order valence-electron chi connectivity index (χ3n) is 25.0. The first-order chi connectivity index (χ1) is 67.8. The fraction of sp³-hybridized carbons (Fsp3) is 0.0504. The number of aromatic amines is 1. The van der Waals surface area contributed by atoms with E-state index in [-0.39, 0.29) is 43.8 Å². The Morgan fingerprint density at radius 3 is 1.12 bits per heavy atom. The van der Waals surface area contributed by atoms with Crippen LogP contribution in [0.4, 0.5) is 68.8 Å². The third-order valence-corrected chi connectivity index (χ3v) is 25.0. The van der Waals surface area contributed by atoms with Gasteiger partial charge in [-0.15, -0.1) is 29.8 Å². The number of fused-ring (bicyclic) bond motifs is 9. The van der Waals surface area contributed by atoms with Crippen molar-refractivity contribution in [1.29, 1.82) is 0 Å². The molecule has 10 aromatic heterocycles. The number of nitrogens with one attached hydrogen (secondary N) is 1. The number of anilines is 12. The zero-order chi connectivity index (χ0) is 93.5. The number of pyridine rings is 7. The monoisotopic (exact) mass is 1990 g/mol. The van der Waals surface area contributed by atoms with Crippen molar-refractivity contribution in [3.8, 4) is 56.6 Å². The molecular weight excluding hydrogens is 1900 g/mol. The van der Waals surface area contributed by atoms with Crippen LogP contribution < -0.4 is 25.1 Å². The van der Waals surface area contributed by atoms with Crippen LogP contribution in [0.3, 0.4) is 0 Å². The van der Waals surface area contributed by atoms with Crippen LogP contribution in [0.1, 0.15) is 27.7 Å². The van der Waals surface area contributed by atoms with Crippen LogP contribution in [-0.4, -0.2) is 77.5 Å². The molecule has 676 valence electrons. The molecule has 0 amide bonds. The van der Waals surface area contributed by atoms with Crippen molar-refractivity contribution in [2.24, 2.45) is 0 Å². The molecule has 1 fully saturated rings. The minimum atomic E-state index is -0.397. The van der Waals surface area contributed by atoms with Crippen LogP contribution in [0.2, 0.25) is 0 Å². The molecule has 0 atom stereocenters. The molecule has 3 N–H and O–H groups in total. The van der Waals surface area contributed by atoms with Gasteiger partial charge in [-0.1, -0.05) is 224 Å². The van der Waals surface area contributed by atoms with Gasteiger partial charge in [-0.3, -0.25) is 28.8 Å².